The van der Waals surface area contributed by atoms with E-state index in [1.807, 2.05) is 38.1 Å². The Balaban J connectivity index is 2.64. The maximum absolute atomic E-state index is 11.4. The number of ether oxygens (including phenoxy) is 1. The van der Waals surface area contributed by atoms with Gasteiger partial charge in [-0.3, -0.25) is 4.79 Å². The van der Waals surface area contributed by atoms with Crippen LogP contribution in [0.15, 0.2) is 29.2 Å². The Morgan fingerprint density at radius 2 is 1.86 bits per heavy atom. The first-order valence-corrected chi connectivity index (χ1v) is 5.31. The number of hydrogen-bond donors (Lipinski definition) is 0. The van der Waals surface area contributed by atoms with Gasteiger partial charge < -0.3 is 4.74 Å². The largest absolute Gasteiger partial charge is 0.497 e. The summed E-state index contributed by atoms with van der Waals surface area (Å²) in [4.78, 5) is 12.4. The molecule has 0 N–H and O–H groups in total. The van der Waals surface area contributed by atoms with E-state index in [1.54, 1.807) is 7.11 Å². The number of carbonyl (C=O) groups is 1. The van der Waals surface area contributed by atoms with Crippen molar-refractivity contribution in [3.05, 3.63) is 24.3 Å². The lowest BCUT2D eigenvalue weighted by Gasteiger charge is -2.04. The minimum atomic E-state index is 0.0714. The fourth-order valence-electron chi connectivity index (χ4n) is 0.878. The van der Waals surface area contributed by atoms with Gasteiger partial charge in [-0.05, 0) is 24.3 Å². The van der Waals surface area contributed by atoms with E-state index in [1.165, 1.54) is 11.8 Å². The normalized spacial score (nSPS) is 10.3. The highest BCUT2D eigenvalue weighted by Gasteiger charge is 2.08. The van der Waals surface area contributed by atoms with Crippen molar-refractivity contribution in [1.82, 2.24) is 0 Å². The van der Waals surface area contributed by atoms with Crippen LogP contribution in [0.3, 0.4) is 0 Å². The molecule has 0 amide bonds. The molecule has 0 fully saturated rings. The van der Waals surface area contributed by atoms with Crippen LogP contribution in [-0.2, 0) is 4.79 Å². The maximum atomic E-state index is 11.4. The van der Waals surface area contributed by atoms with Crippen LogP contribution in [-0.4, -0.2) is 12.2 Å². The molecule has 1 aromatic rings. The highest BCUT2D eigenvalue weighted by molar-refractivity contribution is 8.13. The molecular weight excluding hydrogens is 196 g/mol. The first-order valence-electron chi connectivity index (χ1n) is 4.49. The number of rotatable bonds is 3. The Hall–Kier alpha value is -0.960. The van der Waals surface area contributed by atoms with Gasteiger partial charge in [-0.2, -0.15) is 0 Å². The average Bonchev–Trinajstić information content (AvgIpc) is 2.19. The number of hydrogen-bond acceptors (Lipinski definition) is 3. The van der Waals surface area contributed by atoms with E-state index in [-0.39, 0.29) is 11.0 Å². The lowest BCUT2D eigenvalue weighted by molar-refractivity contribution is -0.113. The highest BCUT2D eigenvalue weighted by Crippen LogP contribution is 2.24. The monoisotopic (exact) mass is 210 g/mol. The van der Waals surface area contributed by atoms with Gasteiger partial charge in [-0.25, -0.2) is 0 Å². The van der Waals surface area contributed by atoms with Crippen molar-refractivity contribution in [1.29, 1.82) is 0 Å². The van der Waals surface area contributed by atoms with Crippen LogP contribution in [0.2, 0.25) is 0 Å². The zero-order chi connectivity index (χ0) is 10.6. The van der Waals surface area contributed by atoms with E-state index in [0.29, 0.717) is 0 Å². The molecule has 14 heavy (non-hydrogen) atoms. The van der Waals surface area contributed by atoms with Crippen LogP contribution in [0.5, 0.6) is 5.75 Å². The summed E-state index contributed by atoms with van der Waals surface area (Å²) in [5.41, 5.74) is 0. The minimum Gasteiger partial charge on any atom is -0.497 e. The summed E-state index contributed by atoms with van der Waals surface area (Å²) in [6, 6.07) is 7.50. The van der Waals surface area contributed by atoms with Crippen molar-refractivity contribution in [2.75, 3.05) is 7.11 Å². The molecule has 0 saturated carbocycles. The van der Waals surface area contributed by atoms with Gasteiger partial charge in [0.15, 0.2) is 5.12 Å². The van der Waals surface area contributed by atoms with Crippen LogP contribution in [0.1, 0.15) is 13.8 Å². The van der Waals surface area contributed by atoms with E-state index in [4.69, 9.17) is 4.74 Å². The smallest absolute Gasteiger partial charge is 0.196 e. The van der Waals surface area contributed by atoms with Crippen LogP contribution in [0, 0.1) is 5.92 Å². The van der Waals surface area contributed by atoms with E-state index in [2.05, 4.69) is 0 Å². The maximum Gasteiger partial charge on any atom is 0.196 e. The van der Waals surface area contributed by atoms with Gasteiger partial charge in [0.25, 0.3) is 0 Å². The molecule has 0 aliphatic heterocycles. The zero-order valence-electron chi connectivity index (χ0n) is 8.61. The molecule has 0 spiro atoms. The third-order valence-electron chi connectivity index (χ3n) is 1.75. The van der Waals surface area contributed by atoms with Gasteiger partial charge in [0.1, 0.15) is 5.75 Å². The molecule has 0 saturated heterocycles. The van der Waals surface area contributed by atoms with Gasteiger partial charge in [-0.1, -0.05) is 25.6 Å². The summed E-state index contributed by atoms with van der Waals surface area (Å²) >= 11 is 1.28. The van der Waals surface area contributed by atoms with Gasteiger partial charge in [-0.15, -0.1) is 0 Å². The van der Waals surface area contributed by atoms with E-state index < -0.39 is 0 Å². The van der Waals surface area contributed by atoms with Crippen LogP contribution >= 0.6 is 11.8 Å². The number of methoxy groups -OCH3 is 1. The Morgan fingerprint density at radius 1 is 1.29 bits per heavy atom. The first-order chi connectivity index (χ1) is 6.63. The summed E-state index contributed by atoms with van der Waals surface area (Å²) in [6.07, 6.45) is 0. The topological polar surface area (TPSA) is 26.3 Å². The van der Waals surface area contributed by atoms with Gasteiger partial charge in [0, 0.05) is 10.8 Å². The SMILES string of the molecule is COc1ccc(SC(=O)C(C)C)cc1. The molecule has 0 aliphatic carbocycles. The molecule has 0 aromatic heterocycles. The van der Waals surface area contributed by atoms with Crippen molar-refractivity contribution < 1.29 is 9.53 Å². The van der Waals surface area contributed by atoms with Crippen molar-refractivity contribution in [2.45, 2.75) is 18.7 Å². The summed E-state index contributed by atoms with van der Waals surface area (Å²) < 4.78 is 5.03. The molecule has 0 radical (unpaired) electrons. The predicted molar refractivity (Wildman–Crippen MR) is 58.7 cm³/mol. The van der Waals surface area contributed by atoms with Crippen LogP contribution in [0.25, 0.3) is 0 Å². The summed E-state index contributed by atoms with van der Waals surface area (Å²) in [6.45, 7) is 3.80. The molecule has 0 bridgehead atoms. The van der Waals surface area contributed by atoms with E-state index >= 15 is 0 Å². The molecule has 0 heterocycles. The predicted octanol–water partition coefficient (Wildman–Crippen LogP) is 2.97. The fraction of sp³-hybridized carbons (Fsp3) is 0.364. The van der Waals surface area contributed by atoms with Gasteiger partial charge in [0.05, 0.1) is 7.11 Å². The van der Waals surface area contributed by atoms with Crippen molar-refractivity contribution in [3.63, 3.8) is 0 Å². The Morgan fingerprint density at radius 3 is 2.29 bits per heavy atom. The third kappa shape index (κ3) is 3.07. The second-order valence-electron chi connectivity index (χ2n) is 3.25. The van der Waals surface area contributed by atoms with Crippen LogP contribution < -0.4 is 4.74 Å². The van der Waals surface area contributed by atoms with E-state index in [9.17, 15) is 4.79 Å². The molecule has 3 heteroatoms. The zero-order valence-corrected chi connectivity index (χ0v) is 9.43. The standard InChI is InChI=1S/C11H14O2S/c1-8(2)11(12)14-10-6-4-9(13-3)5-7-10/h4-8H,1-3H3. The van der Waals surface area contributed by atoms with Gasteiger partial charge in [0.2, 0.25) is 0 Å². The molecular formula is C11H14O2S. The second-order valence-corrected chi connectivity index (χ2v) is 4.33. The van der Waals surface area contributed by atoms with E-state index in [0.717, 1.165) is 10.6 Å². The average molecular weight is 210 g/mol. The lowest BCUT2D eigenvalue weighted by atomic mass is 10.3. The summed E-state index contributed by atoms with van der Waals surface area (Å²) in [7, 11) is 1.63. The van der Waals surface area contributed by atoms with Crippen LogP contribution in [0.4, 0.5) is 0 Å². The Kier molecular flexibility index (Phi) is 4.01. The van der Waals surface area contributed by atoms with Crippen molar-refractivity contribution in [3.8, 4) is 5.75 Å². The molecule has 1 aromatic carbocycles. The van der Waals surface area contributed by atoms with Crippen molar-refractivity contribution in [2.24, 2.45) is 5.92 Å². The molecule has 0 aliphatic rings. The number of carbonyl (C=O) groups excluding carboxylic acids is 1. The third-order valence-corrected chi connectivity index (χ3v) is 2.93. The quantitative estimate of drug-likeness (QED) is 0.717. The second kappa shape index (κ2) is 5.05. The molecule has 2 nitrogen and oxygen atoms in total. The number of thioether (sulfide) groups is 1. The molecule has 1 rings (SSSR count). The summed E-state index contributed by atoms with van der Waals surface area (Å²) in [5.74, 6) is 0.883. The molecule has 0 atom stereocenters. The lowest BCUT2D eigenvalue weighted by Crippen LogP contribution is -2.00. The fourth-order valence-corrected chi connectivity index (χ4v) is 1.62. The Bertz CT molecular complexity index is 304. The Labute approximate surface area is 88.7 Å². The first kappa shape index (κ1) is 11.1. The number of benzene rings is 1. The molecule has 0 unspecified atom stereocenters. The molecule has 76 valence electrons. The summed E-state index contributed by atoms with van der Waals surface area (Å²) in [5, 5.41) is 0.190. The van der Waals surface area contributed by atoms with Gasteiger partial charge >= 0.3 is 0 Å². The minimum absolute atomic E-state index is 0.0714. The highest BCUT2D eigenvalue weighted by atomic mass is 32.2. The van der Waals surface area contributed by atoms with Crippen molar-refractivity contribution >= 4 is 16.9 Å².